The number of hydrogen-bond acceptors (Lipinski definition) is 3. The first-order chi connectivity index (χ1) is 9.66. The summed E-state index contributed by atoms with van der Waals surface area (Å²) in [6.07, 6.45) is -3.59. The van der Waals surface area contributed by atoms with E-state index in [2.05, 4.69) is 19.0 Å². The summed E-state index contributed by atoms with van der Waals surface area (Å²) in [6, 6.07) is 3.24. The van der Waals surface area contributed by atoms with Crippen LogP contribution in [0.2, 0.25) is 0 Å². The zero-order chi connectivity index (χ0) is 16.2. The molecule has 0 fully saturated rings. The Morgan fingerprint density at radius 2 is 2.00 bits per heavy atom. The van der Waals surface area contributed by atoms with Crippen molar-refractivity contribution in [1.82, 2.24) is 0 Å². The molecule has 0 radical (unpaired) electrons. The van der Waals surface area contributed by atoms with Crippen LogP contribution in [0.5, 0.6) is 0 Å². The Morgan fingerprint density at radius 3 is 2.48 bits per heavy atom. The molecule has 0 heterocycles. The number of amidine groups is 1. The highest BCUT2D eigenvalue weighted by molar-refractivity contribution is 6.02. The number of anilines is 1. The minimum absolute atomic E-state index is 0.0681. The zero-order valence-corrected chi connectivity index (χ0v) is 12.3. The molecule has 1 aromatic carbocycles. The smallest absolute Gasteiger partial charge is 0.409 e. The fourth-order valence-corrected chi connectivity index (χ4v) is 1.88. The summed E-state index contributed by atoms with van der Waals surface area (Å²) < 4.78 is 38.3. The SMILES string of the molecule is CC(C)CCN(C)c1ccc(C(F)(F)F)cc1C(N)=NO. The largest absolute Gasteiger partial charge is 0.416 e. The van der Waals surface area contributed by atoms with Crippen LogP contribution in [-0.2, 0) is 6.18 Å². The Kier molecular flexibility index (Phi) is 5.46. The van der Waals surface area contributed by atoms with Gasteiger partial charge in [-0.05, 0) is 30.5 Å². The molecule has 0 bridgehead atoms. The van der Waals surface area contributed by atoms with Gasteiger partial charge in [-0.15, -0.1) is 0 Å². The van der Waals surface area contributed by atoms with Crippen molar-refractivity contribution in [2.75, 3.05) is 18.5 Å². The molecular formula is C14H20F3N3O. The van der Waals surface area contributed by atoms with E-state index >= 15 is 0 Å². The number of benzene rings is 1. The number of nitrogens with zero attached hydrogens (tertiary/aromatic N) is 2. The van der Waals surface area contributed by atoms with Gasteiger partial charge in [0.2, 0.25) is 0 Å². The second-order valence-electron chi connectivity index (χ2n) is 5.32. The maximum Gasteiger partial charge on any atom is 0.416 e. The number of alkyl halides is 3. The maximum atomic E-state index is 12.8. The van der Waals surface area contributed by atoms with E-state index in [1.54, 1.807) is 11.9 Å². The van der Waals surface area contributed by atoms with E-state index < -0.39 is 11.7 Å². The van der Waals surface area contributed by atoms with Gasteiger partial charge in [-0.3, -0.25) is 0 Å². The highest BCUT2D eigenvalue weighted by Crippen LogP contribution is 2.32. The summed E-state index contributed by atoms with van der Waals surface area (Å²) in [5.74, 6) is 0.127. The van der Waals surface area contributed by atoms with Crippen LogP contribution in [0.15, 0.2) is 23.4 Å². The molecule has 0 aliphatic heterocycles. The first kappa shape index (κ1) is 17.1. The van der Waals surface area contributed by atoms with Crippen LogP contribution in [0.25, 0.3) is 0 Å². The standard InChI is InChI=1S/C14H20F3N3O/c1-9(2)6-7-20(3)12-5-4-10(14(15,16)17)8-11(12)13(18)19-21/h4-5,8-9,21H,6-7H2,1-3H3,(H2,18,19). The van der Waals surface area contributed by atoms with E-state index in [0.717, 1.165) is 18.6 Å². The van der Waals surface area contributed by atoms with Crippen molar-refractivity contribution in [2.24, 2.45) is 16.8 Å². The fraction of sp³-hybridized carbons (Fsp3) is 0.500. The third-order valence-electron chi connectivity index (χ3n) is 3.16. The lowest BCUT2D eigenvalue weighted by Gasteiger charge is -2.24. The van der Waals surface area contributed by atoms with Crippen molar-refractivity contribution in [3.8, 4) is 0 Å². The zero-order valence-electron chi connectivity index (χ0n) is 12.3. The third-order valence-corrected chi connectivity index (χ3v) is 3.16. The lowest BCUT2D eigenvalue weighted by Crippen LogP contribution is -2.25. The van der Waals surface area contributed by atoms with E-state index in [4.69, 9.17) is 10.9 Å². The van der Waals surface area contributed by atoms with E-state index in [0.29, 0.717) is 18.2 Å². The Labute approximate surface area is 122 Å². The molecule has 0 atom stereocenters. The highest BCUT2D eigenvalue weighted by atomic mass is 19.4. The molecule has 1 rings (SSSR count). The van der Waals surface area contributed by atoms with Crippen LogP contribution < -0.4 is 10.6 Å². The fourth-order valence-electron chi connectivity index (χ4n) is 1.88. The molecule has 0 aliphatic carbocycles. The first-order valence-corrected chi connectivity index (χ1v) is 6.57. The van der Waals surface area contributed by atoms with Crippen molar-refractivity contribution in [3.05, 3.63) is 29.3 Å². The predicted octanol–water partition coefficient (Wildman–Crippen LogP) is 3.28. The third kappa shape index (κ3) is 4.54. The summed E-state index contributed by atoms with van der Waals surface area (Å²) in [7, 11) is 1.76. The molecule has 7 heteroatoms. The molecule has 118 valence electrons. The number of hydrogen-bond donors (Lipinski definition) is 2. The van der Waals surface area contributed by atoms with Gasteiger partial charge in [-0.2, -0.15) is 13.2 Å². The van der Waals surface area contributed by atoms with Gasteiger partial charge in [0.05, 0.1) is 5.56 Å². The molecular weight excluding hydrogens is 283 g/mol. The minimum atomic E-state index is -4.47. The molecule has 21 heavy (non-hydrogen) atoms. The van der Waals surface area contributed by atoms with Crippen LogP contribution >= 0.6 is 0 Å². The Balaban J connectivity index is 3.19. The predicted molar refractivity (Wildman–Crippen MR) is 76.7 cm³/mol. The number of nitrogens with two attached hydrogens (primary N) is 1. The topological polar surface area (TPSA) is 61.8 Å². The normalized spacial score (nSPS) is 12.8. The van der Waals surface area contributed by atoms with Gasteiger partial charge in [0.15, 0.2) is 5.84 Å². The van der Waals surface area contributed by atoms with Crippen LogP contribution in [0.1, 0.15) is 31.4 Å². The van der Waals surface area contributed by atoms with E-state index in [1.165, 1.54) is 6.07 Å². The molecule has 0 unspecified atom stereocenters. The van der Waals surface area contributed by atoms with Crippen molar-refractivity contribution in [2.45, 2.75) is 26.4 Å². The van der Waals surface area contributed by atoms with E-state index in [1.807, 2.05) is 0 Å². The van der Waals surface area contributed by atoms with Gasteiger partial charge >= 0.3 is 6.18 Å². The Hall–Kier alpha value is -1.92. The molecule has 0 aliphatic rings. The summed E-state index contributed by atoms with van der Waals surface area (Å²) in [5, 5.41) is 11.6. The van der Waals surface area contributed by atoms with Crippen molar-refractivity contribution in [3.63, 3.8) is 0 Å². The molecule has 0 saturated heterocycles. The lowest BCUT2D eigenvalue weighted by molar-refractivity contribution is -0.137. The monoisotopic (exact) mass is 303 g/mol. The van der Waals surface area contributed by atoms with Gasteiger partial charge in [0, 0.05) is 24.8 Å². The first-order valence-electron chi connectivity index (χ1n) is 6.57. The highest BCUT2D eigenvalue weighted by Gasteiger charge is 2.31. The molecule has 4 nitrogen and oxygen atoms in total. The lowest BCUT2D eigenvalue weighted by atomic mass is 10.1. The minimum Gasteiger partial charge on any atom is -0.409 e. The Bertz CT molecular complexity index is 513. The molecule has 0 spiro atoms. The van der Waals surface area contributed by atoms with Crippen molar-refractivity contribution < 1.29 is 18.4 Å². The summed E-state index contributed by atoms with van der Waals surface area (Å²) in [6.45, 7) is 4.78. The quantitative estimate of drug-likeness (QED) is 0.380. The average Bonchev–Trinajstić information content (AvgIpc) is 2.42. The van der Waals surface area contributed by atoms with Gasteiger partial charge in [0.25, 0.3) is 0 Å². The molecule has 0 amide bonds. The maximum absolute atomic E-state index is 12.8. The number of halogens is 3. The van der Waals surface area contributed by atoms with Crippen LogP contribution in [0.3, 0.4) is 0 Å². The summed E-state index contributed by atoms with van der Waals surface area (Å²) in [4.78, 5) is 1.80. The second-order valence-corrected chi connectivity index (χ2v) is 5.32. The van der Waals surface area contributed by atoms with Crippen LogP contribution in [0, 0.1) is 5.92 Å². The number of rotatable bonds is 5. The van der Waals surface area contributed by atoms with E-state index in [-0.39, 0.29) is 11.4 Å². The van der Waals surface area contributed by atoms with Gasteiger partial charge in [0.1, 0.15) is 0 Å². The van der Waals surface area contributed by atoms with Crippen LogP contribution in [-0.4, -0.2) is 24.6 Å². The summed E-state index contributed by atoms with van der Waals surface area (Å²) >= 11 is 0. The molecule has 1 aromatic rings. The van der Waals surface area contributed by atoms with Crippen molar-refractivity contribution in [1.29, 1.82) is 0 Å². The molecule has 0 aromatic heterocycles. The summed E-state index contributed by atoms with van der Waals surface area (Å²) in [5.41, 5.74) is 5.25. The Morgan fingerprint density at radius 1 is 1.38 bits per heavy atom. The van der Waals surface area contributed by atoms with Crippen molar-refractivity contribution >= 4 is 11.5 Å². The second kappa shape index (κ2) is 6.69. The van der Waals surface area contributed by atoms with Crippen LogP contribution in [0.4, 0.5) is 18.9 Å². The molecule has 0 saturated carbocycles. The van der Waals surface area contributed by atoms with Gasteiger partial charge in [-0.1, -0.05) is 19.0 Å². The average molecular weight is 303 g/mol. The number of oxime groups is 1. The molecule has 3 N–H and O–H groups in total. The van der Waals surface area contributed by atoms with Gasteiger partial charge < -0.3 is 15.8 Å². The van der Waals surface area contributed by atoms with E-state index in [9.17, 15) is 13.2 Å². The van der Waals surface area contributed by atoms with Gasteiger partial charge in [-0.25, -0.2) is 0 Å².